The number of amides is 1. The van der Waals surface area contributed by atoms with Crippen LogP contribution in [-0.2, 0) is 9.59 Å². The molecule has 1 fully saturated rings. The Hall–Kier alpha value is -0.820. The van der Waals surface area contributed by atoms with Crippen LogP contribution in [0.1, 0.15) is 27.2 Å². The van der Waals surface area contributed by atoms with E-state index in [1.54, 1.807) is 0 Å². The molecule has 2 atom stereocenters. The first-order valence-electron chi connectivity index (χ1n) is 6.88. The minimum atomic E-state index is -0.782. The summed E-state index contributed by atoms with van der Waals surface area (Å²) in [6.45, 7) is 10.9. The Kier molecular flexibility index (Phi) is 10.7. The van der Waals surface area contributed by atoms with Gasteiger partial charge in [-0.25, -0.2) is 0 Å². The van der Waals surface area contributed by atoms with Gasteiger partial charge < -0.3 is 10.4 Å². The smallest absolute Gasteiger partial charge is 0.320 e. The molecule has 0 aromatic carbocycles. The summed E-state index contributed by atoms with van der Waals surface area (Å²) in [5.74, 6) is -0.645. The van der Waals surface area contributed by atoms with Crippen LogP contribution >= 0.6 is 24.8 Å². The third-order valence-electron chi connectivity index (χ3n) is 3.51. The van der Waals surface area contributed by atoms with Crippen LogP contribution in [0.2, 0.25) is 0 Å². The average Bonchev–Trinajstić information content (AvgIpc) is 2.70. The molecule has 0 saturated carbocycles. The van der Waals surface area contributed by atoms with Crippen molar-refractivity contribution in [2.75, 3.05) is 19.6 Å². The highest BCUT2D eigenvalue weighted by Crippen LogP contribution is 2.23. The van der Waals surface area contributed by atoms with E-state index in [2.05, 4.69) is 17.2 Å². The van der Waals surface area contributed by atoms with Gasteiger partial charge in [0, 0.05) is 26.6 Å². The van der Waals surface area contributed by atoms with Gasteiger partial charge in [-0.15, -0.1) is 31.4 Å². The van der Waals surface area contributed by atoms with Gasteiger partial charge in [-0.05, 0) is 26.2 Å². The molecule has 130 valence electrons. The number of carbonyl (C=O) groups excluding carboxylic acids is 1. The van der Waals surface area contributed by atoms with Crippen LogP contribution in [-0.4, -0.2) is 53.2 Å². The maximum absolute atomic E-state index is 11.2. The van der Waals surface area contributed by atoms with Gasteiger partial charge in [0.15, 0.2) is 0 Å². The largest absolute Gasteiger partial charge is 0.480 e. The van der Waals surface area contributed by atoms with E-state index in [-0.39, 0.29) is 36.6 Å². The van der Waals surface area contributed by atoms with Crippen molar-refractivity contribution in [1.29, 1.82) is 0 Å². The molecule has 6 nitrogen and oxygen atoms in total. The number of carboxylic acids is 1. The Morgan fingerprint density at radius 1 is 1.41 bits per heavy atom. The first-order chi connectivity index (χ1) is 9.25. The van der Waals surface area contributed by atoms with Crippen LogP contribution in [0.5, 0.6) is 0 Å². The van der Waals surface area contributed by atoms with Gasteiger partial charge in [-0.2, -0.15) is 0 Å². The Morgan fingerprint density at radius 2 is 2.00 bits per heavy atom. The van der Waals surface area contributed by atoms with E-state index in [4.69, 9.17) is 0 Å². The molecule has 8 heteroatoms. The number of hydrogen-bond donors (Lipinski definition) is 3. The first kappa shape index (κ1) is 23.4. The second kappa shape index (κ2) is 10.0. The zero-order valence-electron chi connectivity index (χ0n) is 13.3. The number of rotatable bonds is 7. The van der Waals surface area contributed by atoms with Crippen molar-refractivity contribution in [1.82, 2.24) is 15.5 Å². The lowest BCUT2D eigenvalue weighted by Gasteiger charge is -2.29. The van der Waals surface area contributed by atoms with Crippen LogP contribution < -0.4 is 10.6 Å². The molecule has 1 aliphatic heterocycles. The lowest BCUT2D eigenvalue weighted by molar-refractivity contribution is -0.142. The molecule has 3 N–H and O–H groups in total. The van der Waals surface area contributed by atoms with Crippen LogP contribution in [0.4, 0.5) is 0 Å². The van der Waals surface area contributed by atoms with Gasteiger partial charge >= 0.3 is 5.97 Å². The van der Waals surface area contributed by atoms with Gasteiger partial charge in [-0.1, -0.05) is 6.08 Å². The molecule has 1 aliphatic rings. The summed E-state index contributed by atoms with van der Waals surface area (Å²) in [5, 5.41) is 15.2. The summed E-state index contributed by atoms with van der Waals surface area (Å²) in [6, 6.07) is -0.441. The number of likely N-dealkylation sites (tertiary alicyclic amines) is 1. The number of aliphatic carboxylic acids is 1. The second-order valence-corrected chi connectivity index (χ2v) is 5.81. The number of halogens is 2. The fourth-order valence-corrected chi connectivity index (χ4v) is 2.61. The highest BCUT2D eigenvalue weighted by Gasteiger charge is 2.35. The van der Waals surface area contributed by atoms with Crippen LogP contribution in [0.15, 0.2) is 12.7 Å². The fraction of sp³-hybridized carbons (Fsp3) is 0.714. The van der Waals surface area contributed by atoms with Gasteiger partial charge in [0.2, 0.25) is 5.91 Å². The van der Waals surface area contributed by atoms with Crippen molar-refractivity contribution in [2.24, 2.45) is 5.92 Å². The Morgan fingerprint density at radius 3 is 2.45 bits per heavy atom. The van der Waals surface area contributed by atoms with E-state index in [0.29, 0.717) is 19.5 Å². The number of carbonyl (C=O) groups is 2. The molecule has 1 heterocycles. The highest BCUT2D eigenvalue weighted by molar-refractivity contribution is 5.85. The summed E-state index contributed by atoms with van der Waals surface area (Å²) in [7, 11) is 0. The minimum Gasteiger partial charge on any atom is -0.480 e. The normalized spacial score (nSPS) is 21.4. The topological polar surface area (TPSA) is 81.7 Å². The second-order valence-electron chi connectivity index (χ2n) is 5.81. The number of nitrogens with one attached hydrogen (secondary N) is 2. The molecular formula is C14H27Cl2N3O3. The molecule has 0 bridgehead atoms. The van der Waals surface area contributed by atoms with Gasteiger partial charge in [0.05, 0.1) is 5.66 Å². The van der Waals surface area contributed by atoms with E-state index in [9.17, 15) is 14.7 Å². The molecule has 1 rings (SSSR count). The van der Waals surface area contributed by atoms with Crippen molar-refractivity contribution in [3.63, 3.8) is 0 Å². The summed E-state index contributed by atoms with van der Waals surface area (Å²) in [4.78, 5) is 24.2. The van der Waals surface area contributed by atoms with Crippen molar-refractivity contribution in [3.05, 3.63) is 12.7 Å². The molecule has 0 aromatic heterocycles. The predicted molar refractivity (Wildman–Crippen MR) is 91.7 cm³/mol. The lowest BCUT2D eigenvalue weighted by atomic mass is 10.1. The SMILES string of the molecule is C=C[C@@H]1C[C@H](C(=O)O)N(CCNC(C)(C)NC(C)=O)C1.Cl.Cl. The van der Waals surface area contributed by atoms with Crippen molar-refractivity contribution < 1.29 is 14.7 Å². The van der Waals surface area contributed by atoms with E-state index in [0.717, 1.165) is 6.54 Å². The van der Waals surface area contributed by atoms with Crippen molar-refractivity contribution in [3.8, 4) is 0 Å². The Bertz CT molecular complexity index is 392. The fourth-order valence-electron chi connectivity index (χ4n) is 2.61. The average molecular weight is 356 g/mol. The highest BCUT2D eigenvalue weighted by atomic mass is 35.5. The Labute approximate surface area is 144 Å². The first-order valence-corrected chi connectivity index (χ1v) is 6.88. The van der Waals surface area contributed by atoms with E-state index in [1.807, 2.05) is 24.8 Å². The van der Waals surface area contributed by atoms with E-state index >= 15 is 0 Å². The Balaban J connectivity index is 0. The quantitative estimate of drug-likeness (QED) is 0.473. The molecule has 0 spiro atoms. The maximum Gasteiger partial charge on any atom is 0.320 e. The number of hydrogen-bond acceptors (Lipinski definition) is 4. The number of carboxylic acid groups (broad SMARTS) is 1. The lowest BCUT2D eigenvalue weighted by Crippen LogP contribution is -2.55. The standard InChI is InChI=1S/C14H25N3O3.2ClH/c1-5-11-8-12(13(19)20)17(9-11)7-6-15-14(3,4)16-10(2)18;;/h5,11-12,15H,1,6-9H2,2-4H3,(H,16,18)(H,19,20);2*1H/t11-,12-;;/m1../s1. The molecule has 1 amide bonds. The molecule has 0 radical (unpaired) electrons. The molecule has 0 aliphatic carbocycles. The van der Waals surface area contributed by atoms with Crippen molar-refractivity contribution in [2.45, 2.75) is 38.9 Å². The van der Waals surface area contributed by atoms with E-state index in [1.165, 1.54) is 6.92 Å². The number of nitrogens with zero attached hydrogens (tertiary/aromatic N) is 1. The molecule has 1 saturated heterocycles. The van der Waals surface area contributed by atoms with Crippen molar-refractivity contribution >= 4 is 36.7 Å². The zero-order chi connectivity index (χ0) is 15.3. The third kappa shape index (κ3) is 7.45. The molecule has 22 heavy (non-hydrogen) atoms. The molecule has 0 aromatic rings. The molecule has 0 unspecified atom stereocenters. The summed E-state index contributed by atoms with van der Waals surface area (Å²) in [6.07, 6.45) is 2.44. The van der Waals surface area contributed by atoms with Gasteiger partial charge in [0.25, 0.3) is 0 Å². The summed E-state index contributed by atoms with van der Waals surface area (Å²) >= 11 is 0. The van der Waals surface area contributed by atoms with Gasteiger partial charge in [0.1, 0.15) is 6.04 Å². The monoisotopic (exact) mass is 355 g/mol. The van der Waals surface area contributed by atoms with Crippen LogP contribution in [0.25, 0.3) is 0 Å². The van der Waals surface area contributed by atoms with Gasteiger partial charge in [-0.3, -0.25) is 19.8 Å². The van der Waals surface area contributed by atoms with E-state index < -0.39 is 17.7 Å². The minimum absolute atomic E-state index is 0. The summed E-state index contributed by atoms with van der Waals surface area (Å²) < 4.78 is 0. The van der Waals surface area contributed by atoms with Crippen LogP contribution in [0.3, 0.4) is 0 Å². The maximum atomic E-state index is 11.2. The summed E-state index contributed by atoms with van der Waals surface area (Å²) in [5.41, 5.74) is -0.498. The third-order valence-corrected chi connectivity index (χ3v) is 3.51. The molecular weight excluding hydrogens is 329 g/mol. The predicted octanol–water partition coefficient (Wildman–Crippen LogP) is 1.25. The zero-order valence-corrected chi connectivity index (χ0v) is 14.9. The van der Waals surface area contributed by atoms with Crippen LogP contribution in [0, 0.1) is 5.92 Å².